The van der Waals surface area contributed by atoms with E-state index in [2.05, 4.69) is 24.1 Å². The van der Waals surface area contributed by atoms with Crippen molar-refractivity contribution >= 4 is 11.8 Å². The van der Waals surface area contributed by atoms with Crippen LogP contribution in [0.1, 0.15) is 32.3 Å². The van der Waals surface area contributed by atoms with E-state index in [1.807, 2.05) is 18.2 Å². The van der Waals surface area contributed by atoms with Crippen LogP contribution in [0.3, 0.4) is 0 Å². The Morgan fingerprint density at radius 1 is 1.11 bits per heavy atom. The lowest BCUT2D eigenvalue weighted by Gasteiger charge is -2.34. The Bertz CT molecular complexity index is 669. The van der Waals surface area contributed by atoms with E-state index in [-0.39, 0.29) is 25.0 Å². The van der Waals surface area contributed by atoms with Gasteiger partial charge in [0.2, 0.25) is 18.6 Å². The predicted molar refractivity (Wildman–Crippen MR) is 102 cm³/mol. The Morgan fingerprint density at radius 2 is 1.85 bits per heavy atom. The first kappa shape index (κ1) is 19.5. The molecule has 2 heterocycles. The lowest BCUT2D eigenvalue weighted by atomic mass is 10.1. The van der Waals surface area contributed by atoms with E-state index in [0.717, 1.165) is 37.6 Å². The first-order chi connectivity index (χ1) is 13.0. The van der Waals surface area contributed by atoms with Crippen molar-refractivity contribution in [3.63, 3.8) is 0 Å². The summed E-state index contributed by atoms with van der Waals surface area (Å²) in [6.45, 7) is 8.86. The Hall–Kier alpha value is -2.28. The molecule has 2 amide bonds. The van der Waals surface area contributed by atoms with Crippen LogP contribution in [0.2, 0.25) is 0 Å². The molecule has 1 N–H and O–H groups in total. The standard InChI is InChI=1S/C20H29N3O4/c1-15(2)5-6-21-19(24)12-20(25)23-9-7-22(8-10-23)13-16-3-4-17-18(11-16)27-14-26-17/h3-4,11,15H,5-10,12-14H2,1-2H3,(H,21,24). The second-order valence-electron chi connectivity index (χ2n) is 7.55. The summed E-state index contributed by atoms with van der Waals surface area (Å²) in [5.41, 5.74) is 1.17. The van der Waals surface area contributed by atoms with Crippen molar-refractivity contribution < 1.29 is 19.1 Å². The largest absolute Gasteiger partial charge is 0.454 e. The maximum absolute atomic E-state index is 12.3. The third kappa shape index (κ3) is 5.60. The van der Waals surface area contributed by atoms with Crippen molar-refractivity contribution in [2.24, 2.45) is 5.92 Å². The lowest BCUT2D eigenvalue weighted by molar-refractivity contribution is -0.137. The zero-order valence-electron chi connectivity index (χ0n) is 16.2. The molecule has 2 aliphatic rings. The van der Waals surface area contributed by atoms with Gasteiger partial charge in [-0.2, -0.15) is 0 Å². The minimum atomic E-state index is -0.177. The molecule has 0 aromatic heterocycles. The Kier molecular flexibility index (Phi) is 6.55. The smallest absolute Gasteiger partial charge is 0.232 e. The Morgan fingerprint density at radius 3 is 2.59 bits per heavy atom. The molecule has 7 nitrogen and oxygen atoms in total. The number of piperazine rings is 1. The minimum Gasteiger partial charge on any atom is -0.454 e. The second-order valence-corrected chi connectivity index (χ2v) is 7.55. The van der Waals surface area contributed by atoms with Gasteiger partial charge in [-0.1, -0.05) is 19.9 Å². The number of amides is 2. The third-order valence-corrected chi connectivity index (χ3v) is 4.92. The fourth-order valence-corrected chi connectivity index (χ4v) is 3.26. The molecule has 0 saturated carbocycles. The average molecular weight is 375 g/mol. The van der Waals surface area contributed by atoms with Crippen molar-refractivity contribution in [3.05, 3.63) is 23.8 Å². The monoisotopic (exact) mass is 375 g/mol. The molecule has 0 spiro atoms. The molecule has 2 aliphatic heterocycles. The lowest BCUT2D eigenvalue weighted by Crippen LogP contribution is -2.49. The number of nitrogens with one attached hydrogen (secondary N) is 1. The van der Waals surface area contributed by atoms with Crippen LogP contribution in [0.15, 0.2) is 18.2 Å². The van der Waals surface area contributed by atoms with E-state index in [9.17, 15) is 9.59 Å². The molecule has 148 valence electrons. The molecule has 0 bridgehead atoms. The van der Waals surface area contributed by atoms with Crippen LogP contribution in [0, 0.1) is 5.92 Å². The van der Waals surface area contributed by atoms with Crippen LogP contribution in [-0.4, -0.2) is 61.1 Å². The van der Waals surface area contributed by atoms with Crippen molar-refractivity contribution in [3.8, 4) is 11.5 Å². The highest BCUT2D eigenvalue weighted by atomic mass is 16.7. The molecule has 27 heavy (non-hydrogen) atoms. The third-order valence-electron chi connectivity index (χ3n) is 4.92. The maximum atomic E-state index is 12.3. The second kappa shape index (κ2) is 9.08. The van der Waals surface area contributed by atoms with Gasteiger partial charge in [0, 0.05) is 39.3 Å². The summed E-state index contributed by atoms with van der Waals surface area (Å²) in [5, 5.41) is 2.83. The molecular weight excluding hydrogens is 346 g/mol. The van der Waals surface area contributed by atoms with Crippen LogP contribution in [0.25, 0.3) is 0 Å². The van der Waals surface area contributed by atoms with Crippen molar-refractivity contribution in [1.29, 1.82) is 0 Å². The van der Waals surface area contributed by atoms with Crippen LogP contribution >= 0.6 is 0 Å². The molecule has 0 radical (unpaired) electrons. The molecule has 1 fully saturated rings. The van der Waals surface area contributed by atoms with E-state index in [1.54, 1.807) is 4.90 Å². The highest BCUT2D eigenvalue weighted by molar-refractivity contribution is 5.96. The molecule has 3 rings (SSSR count). The molecule has 0 aliphatic carbocycles. The van der Waals surface area contributed by atoms with Gasteiger partial charge in [-0.15, -0.1) is 0 Å². The molecular formula is C20H29N3O4. The molecule has 1 aromatic carbocycles. The van der Waals surface area contributed by atoms with Crippen LogP contribution in [0.4, 0.5) is 0 Å². The number of ether oxygens (including phenoxy) is 2. The zero-order valence-corrected chi connectivity index (χ0v) is 16.2. The number of nitrogens with zero attached hydrogens (tertiary/aromatic N) is 2. The summed E-state index contributed by atoms with van der Waals surface area (Å²) in [6.07, 6.45) is 0.874. The Balaban J connectivity index is 1.39. The van der Waals surface area contributed by atoms with Gasteiger partial charge in [0.15, 0.2) is 11.5 Å². The van der Waals surface area contributed by atoms with E-state index in [4.69, 9.17) is 9.47 Å². The van der Waals surface area contributed by atoms with Gasteiger partial charge in [-0.3, -0.25) is 14.5 Å². The van der Waals surface area contributed by atoms with E-state index in [1.165, 1.54) is 5.56 Å². The van der Waals surface area contributed by atoms with Crippen molar-refractivity contribution in [1.82, 2.24) is 15.1 Å². The first-order valence-electron chi connectivity index (χ1n) is 9.66. The summed E-state index contributed by atoms with van der Waals surface area (Å²) in [6, 6.07) is 6.00. The normalized spacial score (nSPS) is 16.6. The summed E-state index contributed by atoms with van der Waals surface area (Å²) < 4.78 is 10.8. The molecule has 1 aromatic rings. The topological polar surface area (TPSA) is 71.1 Å². The number of carbonyl (C=O) groups excluding carboxylic acids is 2. The van der Waals surface area contributed by atoms with Gasteiger partial charge in [0.25, 0.3) is 0 Å². The number of fused-ring (bicyclic) bond motifs is 1. The van der Waals surface area contributed by atoms with Crippen LogP contribution in [-0.2, 0) is 16.1 Å². The quantitative estimate of drug-likeness (QED) is 0.733. The summed E-state index contributed by atoms with van der Waals surface area (Å²) in [4.78, 5) is 28.3. The van der Waals surface area contributed by atoms with Gasteiger partial charge in [0.05, 0.1) is 0 Å². The summed E-state index contributed by atoms with van der Waals surface area (Å²) in [5.74, 6) is 1.87. The number of hydrogen-bond acceptors (Lipinski definition) is 5. The number of carbonyl (C=O) groups is 2. The summed E-state index contributed by atoms with van der Waals surface area (Å²) in [7, 11) is 0. The maximum Gasteiger partial charge on any atom is 0.232 e. The number of hydrogen-bond donors (Lipinski definition) is 1. The van der Waals surface area contributed by atoms with E-state index in [0.29, 0.717) is 25.6 Å². The Labute approximate surface area is 160 Å². The van der Waals surface area contributed by atoms with Crippen molar-refractivity contribution in [2.45, 2.75) is 33.2 Å². The molecule has 0 atom stereocenters. The zero-order chi connectivity index (χ0) is 19.2. The van der Waals surface area contributed by atoms with Gasteiger partial charge >= 0.3 is 0 Å². The SMILES string of the molecule is CC(C)CCNC(=O)CC(=O)N1CCN(Cc2ccc3c(c2)OCO3)CC1. The minimum absolute atomic E-state index is 0.0553. The van der Waals surface area contributed by atoms with Crippen LogP contribution in [0.5, 0.6) is 11.5 Å². The molecule has 7 heteroatoms. The van der Waals surface area contributed by atoms with Gasteiger partial charge in [0.1, 0.15) is 6.42 Å². The molecule has 1 saturated heterocycles. The van der Waals surface area contributed by atoms with E-state index >= 15 is 0 Å². The first-order valence-corrected chi connectivity index (χ1v) is 9.66. The highest BCUT2D eigenvalue weighted by Crippen LogP contribution is 2.32. The van der Waals surface area contributed by atoms with Gasteiger partial charge in [-0.25, -0.2) is 0 Å². The van der Waals surface area contributed by atoms with Gasteiger partial charge in [-0.05, 0) is 30.0 Å². The number of rotatable bonds is 7. The highest BCUT2D eigenvalue weighted by Gasteiger charge is 2.23. The average Bonchev–Trinajstić information content (AvgIpc) is 3.09. The predicted octanol–water partition coefficient (Wildman–Crippen LogP) is 1.61. The molecule has 0 unspecified atom stereocenters. The fraction of sp³-hybridized carbons (Fsp3) is 0.600. The van der Waals surface area contributed by atoms with E-state index < -0.39 is 0 Å². The van der Waals surface area contributed by atoms with Crippen molar-refractivity contribution in [2.75, 3.05) is 39.5 Å². The number of benzene rings is 1. The summed E-state index contributed by atoms with van der Waals surface area (Å²) >= 11 is 0. The van der Waals surface area contributed by atoms with Gasteiger partial charge < -0.3 is 19.7 Å². The van der Waals surface area contributed by atoms with Crippen LogP contribution < -0.4 is 14.8 Å². The fourth-order valence-electron chi connectivity index (χ4n) is 3.26.